The number of hydrogen-bond donors (Lipinski definition) is 0. The molecule has 0 aliphatic rings. The third-order valence-electron chi connectivity index (χ3n) is 2.72. The Morgan fingerprint density at radius 3 is 2.85 bits per heavy atom. The average molecular weight is 342 g/mol. The summed E-state index contributed by atoms with van der Waals surface area (Å²) in [6, 6.07) is 4.54. The van der Waals surface area contributed by atoms with E-state index in [4.69, 9.17) is 4.42 Å². The van der Waals surface area contributed by atoms with E-state index in [1.54, 1.807) is 12.1 Å². The minimum Gasteiger partial charge on any atom is -0.463 e. The molecular weight excluding hydrogens is 329 g/mol. The molecular formula is C14H13BrFNO3. The molecule has 1 aromatic heterocycles. The fraction of sp³-hybridized carbons (Fsp3) is 0.286. The first-order chi connectivity index (χ1) is 9.56. The SMILES string of the molecule is CCCc1nc(-c2ccc(Br)cc2F)oc1C(=O)OC. The third-order valence-corrected chi connectivity index (χ3v) is 3.21. The number of ether oxygens (including phenoxy) is 1. The lowest BCUT2D eigenvalue weighted by molar-refractivity contribution is 0.0564. The maximum atomic E-state index is 13.9. The molecule has 0 aliphatic heterocycles. The maximum Gasteiger partial charge on any atom is 0.376 e. The highest BCUT2D eigenvalue weighted by atomic mass is 79.9. The molecule has 6 heteroatoms. The van der Waals surface area contributed by atoms with Gasteiger partial charge in [-0.25, -0.2) is 14.2 Å². The fourth-order valence-electron chi connectivity index (χ4n) is 1.79. The van der Waals surface area contributed by atoms with Crippen LogP contribution in [-0.4, -0.2) is 18.1 Å². The predicted molar refractivity (Wildman–Crippen MR) is 74.9 cm³/mol. The Morgan fingerprint density at radius 1 is 1.50 bits per heavy atom. The Hall–Kier alpha value is -1.69. The lowest BCUT2D eigenvalue weighted by Crippen LogP contribution is -2.03. The van der Waals surface area contributed by atoms with Crippen LogP contribution in [0.15, 0.2) is 27.1 Å². The molecule has 0 bridgehead atoms. The van der Waals surface area contributed by atoms with Gasteiger partial charge in [0, 0.05) is 4.47 Å². The summed E-state index contributed by atoms with van der Waals surface area (Å²) in [5, 5.41) is 0. The van der Waals surface area contributed by atoms with Crippen LogP contribution in [0.5, 0.6) is 0 Å². The Bertz CT molecular complexity index is 639. The molecule has 0 unspecified atom stereocenters. The van der Waals surface area contributed by atoms with E-state index in [0.717, 1.165) is 6.42 Å². The van der Waals surface area contributed by atoms with Gasteiger partial charge in [-0.15, -0.1) is 0 Å². The summed E-state index contributed by atoms with van der Waals surface area (Å²) in [4.78, 5) is 15.8. The van der Waals surface area contributed by atoms with E-state index >= 15 is 0 Å². The molecule has 0 radical (unpaired) electrons. The monoisotopic (exact) mass is 341 g/mol. The van der Waals surface area contributed by atoms with E-state index in [1.165, 1.54) is 13.2 Å². The topological polar surface area (TPSA) is 52.3 Å². The summed E-state index contributed by atoms with van der Waals surface area (Å²) in [5.74, 6) is -0.963. The first-order valence-electron chi connectivity index (χ1n) is 6.10. The molecule has 0 fully saturated rings. The Morgan fingerprint density at radius 2 is 2.25 bits per heavy atom. The number of carbonyl (C=O) groups excluding carboxylic acids is 1. The quantitative estimate of drug-likeness (QED) is 0.789. The average Bonchev–Trinajstić information content (AvgIpc) is 2.82. The molecule has 0 atom stereocenters. The van der Waals surface area contributed by atoms with Crippen molar-refractivity contribution in [1.82, 2.24) is 4.98 Å². The molecule has 0 saturated heterocycles. The van der Waals surface area contributed by atoms with Crippen molar-refractivity contribution in [3.05, 3.63) is 39.9 Å². The Kier molecular flexibility index (Phi) is 4.54. The van der Waals surface area contributed by atoms with Gasteiger partial charge in [-0.05, 0) is 24.6 Å². The first kappa shape index (κ1) is 14.7. The molecule has 0 spiro atoms. The molecule has 0 N–H and O–H groups in total. The van der Waals surface area contributed by atoms with Crippen molar-refractivity contribution >= 4 is 21.9 Å². The highest BCUT2D eigenvalue weighted by Gasteiger charge is 2.22. The smallest absolute Gasteiger partial charge is 0.376 e. The van der Waals surface area contributed by atoms with Crippen LogP contribution >= 0.6 is 15.9 Å². The van der Waals surface area contributed by atoms with Gasteiger partial charge in [0.1, 0.15) is 5.82 Å². The zero-order valence-corrected chi connectivity index (χ0v) is 12.7. The summed E-state index contributed by atoms with van der Waals surface area (Å²) in [7, 11) is 1.26. The molecule has 2 rings (SSSR count). The molecule has 4 nitrogen and oxygen atoms in total. The third kappa shape index (κ3) is 2.90. The van der Waals surface area contributed by atoms with Crippen LogP contribution in [-0.2, 0) is 11.2 Å². The highest BCUT2D eigenvalue weighted by Crippen LogP contribution is 2.27. The van der Waals surface area contributed by atoms with Crippen LogP contribution in [0.4, 0.5) is 4.39 Å². The number of benzene rings is 1. The lowest BCUT2D eigenvalue weighted by Gasteiger charge is -1.98. The number of hydrogen-bond acceptors (Lipinski definition) is 4. The molecule has 0 saturated carbocycles. The number of esters is 1. The van der Waals surface area contributed by atoms with Gasteiger partial charge in [-0.1, -0.05) is 29.3 Å². The number of nitrogens with zero attached hydrogens (tertiary/aromatic N) is 1. The van der Waals surface area contributed by atoms with E-state index in [0.29, 0.717) is 16.6 Å². The van der Waals surface area contributed by atoms with E-state index in [2.05, 4.69) is 25.7 Å². The van der Waals surface area contributed by atoms with Crippen LogP contribution < -0.4 is 0 Å². The van der Waals surface area contributed by atoms with Gasteiger partial charge in [0.05, 0.1) is 18.4 Å². The van der Waals surface area contributed by atoms with Crippen LogP contribution in [0.25, 0.3) is 11.5 Å². The molecule has 0 aliphatic carbocycles. The number of rotatable bonds is 4. The van der Waals surface area contributed by atoms with Crippen molar-refractivity contribution in [2.45, 2.75) is 19.8 Å². The summed E-state index contributed by atoms with van der Waals surface area (Å²) in [6.45, 7) is 1.95. The van der Waals surface area contributed by atoms with Gasteiger partial charge in [0.2, 0.25) is 11.7 Å². The normalized spacial score (nSPS) is 10.6. The van der Waals surface area contributed by atoms with Crippen molar-refractivity contribution in [3.63, 3.8) is 0 Å². The van der Waals surface area contributed by atoms with Crippen LogP contribution in [0.1, 0.15) is 29.6 Å². The summed E-state index contributed by atoms with van der Waals surface area (Å²) < 4.78 is 24.6. The van der Waals surface area contributed by atoms with Gasteiger partial charge in [-0.2, -0.15) is 0 Å². The van der Waals surface area contributed by atoms with Crippen LogP contribution in [0.3, 0.4) is 0 Å². The lowest BCUT2D eigenvalue weighted by atomic mass is 10.2. The predicted octanol–water partition coefficient (Wildman–Crippen LogP) is 3.98. The van der Waals surface area contributed by atoms with Gasteiger partial charge < -0.3 is 9.15 Å². The van der Waals surface area contributed by atoms with Gasteiger partial charge in [0.15, 0.2) is 0 Å². The highest BCUT2D eigenvalue weighted by molar-refractivity contribution is 9.10. The number of oxazole rings is 1. The molecule has 106 valence electrons. The number of aryl methyl sites for hydroxylation is 1. The van der Waals surface area contributed by atoms with Crippen LogP contribution in [0, 0.1) is 5.82 Å². The van der Waals surface area contributed by atoms with E-state index in [1.807, 2.05) is 6.92 Å². The molecule has 20 heavy (non-hydrogen) atoms. The van der Waals surface area contributed by atoms with Gasteiger partial charge >= 0.3 is 5.97 Å². The second-order valence-electron chi connectivity index (χ2n) is 4.16. The minimum atomic E-state index is -0.607. The Labute approximate surface area is 124 Å². The Balaban J connectivity index is 2.49. The molecule has 1 aromatic carbocycles. The fourth-order valence-corrected chi connectivity index (χ4v) is 2.12. The zero-order valence-electron chi connectivity index (χ0n) is 11.1. The van der Waals surface area contributed by atoms with E-state index in [9.17, 15) is 9.18 Å². The van der Waals surface area contributed by atoms with E-state index in [-0.39, 0.29) is 17.2 Å². The van der Waals surface area contributed by atoms with E-state index < -0.39 is 11.8 Å². The van der Waals surface area contributed by atoms with Crippen molar-refractivity contribution in [3.8, 4) is 11.5 Å². The van der Waals surface area contributed by atoms with Gasteiger partial charge in [-0.3, -0.25) is 0 Å². The summed E-state index contributed by atoms with van der Waals surface area (Å²) >= 11 is 3.18. The molecule has 0 amide bonds. The second-order valence-corrected chi connectivity index (χ2v) is 5.08. The number of methoxy groups -OCH3 is 1. The molecule has 1 heterocycles. The number of aromatic nitrogens is 1. The van der Waals surface area contributed by atoms with Crippen molar-refractivity contribution in [1.29, 1.82) is 0 Å². The van der Waals surface area contributed by atoms with Crippen molar-refractivity contribution in [2.24, 2.45) is 0 Å². The number of carbonyl (C=O) groups is 1. The summed E-state index contributed by atoms with van der Waals surface area (Å²) in [5.41, 5.74) is 0.692. The minimum absolute atomic E-state index is 0.0340. The second kappa shape index (κ2) is 6.17. The number of halogens is 2. The maximum absolute atomic E-state index is 13.9. The standard InChI is InChI=1S/C14H13BrFNO3/c1-3-4-11-12(14(18)19-2)20-13(17-11)9-6-5-8(15)7-10(9)16/h5-7H,3-4H2,1-2H3. The van der Waals surface area contributed by atoms with Crippen molar-refractivity contribution in [2.75, 3.05) is 7.11 Å². The largest absolute Gasteiger partial charge is 0.463 e. The van der Waals surface area contributed by atoms with Gasteiger partial charge in [0.25, 0.3) is 0 Å². The van der Waals surface area contributed by atoms with Crippen LogP contribution in [0.2, 0.25) is 0 Å². The molecule has 2 aromatic rings. The van der Waals surface area contributed by atoms with Crippen molar-refractivity contribution < 1.29 is 18.3 Å². The zero-order chi connectivity index (χ0) is 14.7. The summed E-state index contributed by atoms with van der Waals surface area (Å²) in [6.07, 6.45) is 1.35. The first-order valence-corrected chi connectivity index (χ1v) is 6.89.